The number of halogens is 3. The molecule has 1 saturated carbocycles. The molecule has 2 nitrogen and oxygen atoms in total. The van der Waals surface area contributed by atoms with Crippen LogP contribution in [0, 0.1) is 11.8 Å². The van der Waals surface area contributed by atoms with Crippen LogP contribution in [0.5, 0.6) is 0 Å². The van der Waals surface area contributed by atoms with E-state index in [1.54, 1.807) is 0 Å². The molecular formula is C9H11F3O2. The highest BCUT2D eigenvalue weighted by Crippen LogP contribution is 2.42. The molecule has 0 N–H and O–H groups in total. The predicted octanol–water partition coefficient (Wildman–Crippen LogP) is 1.93. The van der Waals surface area contributed by atoms with Crippen molar-refractivity contribution in [1.29, 1.82) is 0 Å². The molecule has 0 aromatic rings. The number of fused-ring (bicyclic) bond motifs is 1. The second-order valence-electron chi connectivity index (χ2n) is 3.95. The maximum atomic E-state index is 12.4. The van der Waals surface area contributed by atoms with Crippen molar-refractivity contribution in [1.82, 2.24) is 0 Å². The average molecular weight is 208 g/mol. The van der Waals surface area contributed by atoms with Gasteiger partial charge in [0.1, 0.15) is 5.78 Å². The first-order valence-corrected chi connectivity index (χ1v) is 4.69. The van der Waals surface area contributed by atoms with Gasteiger partial charge in [-0.05, 0) is 12.8 Å². The van der Waals surface area contributed by atoms with Gasteiger partial charge in [0.15, 0.2) is 0 Å². The maximum absolute atomic E-state index is 12.4. The first-order chi connectivity index (χ1) is 6.48. The Morgan fingerprint density at radius 3 is 2.71 bits per heavy atom. The van der Waals surface area contributed by atoms with E-state index in [-0.39, 0.29) is 24.5 Å². The summed E-state index contributed by atoms with van der Waals surface area (Å²) in [6, 6.07) is 0. The summed E-state index contributed by atoms with van der Waals surface area (Å²) < 4.78 is 42.2. The van der Waals surface area contributed by atoms with Crippen LogP contribution in [-0.2, 0) is 9.53 Å². The van der Waals surface area contributed by atoms with Gasteiger partial charge in [-0.1, -0.05) is 0 Å². The molecule has 0 spiro atoms. The van der Waals surface area contributed by atoms with Crippen LogP contribution in [0.15, 0.2) is 0 Å². The van der Waals surface area contributed by atoms with Crippen LogP contribution in [0.25, 0.3) is 0 Å². The lowest BCUT2D eigenvalue weighted by molar-refractivity contribution is -0.193. The van der Waals surface area contributed by atoms with E-state index in [2.05, 4.69) is 0 Å². The number of carbonyl (C=O) groups excluding carboxylic acids is 1. The average Bonchev–Trinajstić information content (AvgIpc) is 2.50. The largest absolute Gasteiger partial charge is 0.392 e. The molecule has 80 valence electrons. The number of hydrogen-bond donors (Lipinski definition) is 0. The third-order valence-corrected chi connectivity index (χ3v) is 3.05. The predicted molar refractivity (Wildman–Crippen MR) is 41.6 cm³/mol. The molecule has 0 amide bonds. The summed E-state index contributed by atoms with van der Waals surface area (Å²) >= 11 is 0. The SMILES string of the molecule is O=C1C[C@H](C(F)(F)F)C[C@H]2OCC[C@H]12. The summed E-state index contributed by atoms with van der Waals surface area (Å²) in [5, 5.41) is 0. The van der Waals surface area contributed by atoms with E-state index in [1.165, 1.54) is 0 Å². The van der Waals surface area contributed by atoms with Crippen molar-refractivity contribution < 1.29 is 22.7 Å². The molecule has 0 aromatic heterocycles. The zero-order valence-corrected chi connectivity index (χ0v) is 7.51. The molecule has 0 unspecified atom stereocenters. The van der Waals surface area contributed by atoms with Gasteiger partial charge in [0.05, 0.1) is 12.0 Å². The Labute approximate surface area is 79.4 Å². The molecule has 5 heteroatoms. The lowest BCUT2D eigenvalue weighted by Crippen LogP contribution is -2.39. The molecule has 0 aromatic carbocycles. The van der Waals surface area contributed by atoms with Crippen LogP contribution in [-0.4, -0.2) is 24.7 Å². The number of rotatable bonds is 0. The highest BCUT2D eigenvalue weighted by molar-refractivity contribution is 5.83. The van der Waals surface area contributed by atoms with Crippen molar-refractivity contribution in [3.8, 4) is 0 Å². The fourth-order valence-electron chi connectivity index (χ4n) is 2.26. The van der Waals surface area contributed by atoms with Gasteiger partial charge in [-0.3, -0.25) is 4.79 Å². The van der Waals surface area contributed by atoms with Gasteiger partial charge in [-0.2, -0.15) is 13.2 Å². The van der Waals surface area contributed by atoms with Crippen molar-refractivity contribution >= 4 is 5.78 Å². The minimum Gasteiger partial charge on any atom is -0.377 e. The normalized spacial score (nSPS) is 38.5. The van der Waals surface area contributed by atoms with Crippen LogP contribution >= 0.6 is 0 Å². The monoisotopic (exact) mass is 208 g/mol. The second kappa shape index (κ2) is 3.22. The Kier molecular flexibility index (Phi) is 2.29. The van der Waals surface area contributed by atoms with Crippen molar-refractivity contribution in [2.75, 3.05) is 6.61 Å². The van der Waals surface area contributed by atoms with E-state index < -0.39 is 18.2 Å². The molecule has 14 heavy (non-hydrogen) atoms. The van der Waals surface area contributed by atoms with Crippen LogP contribution in [0.2, 0.25) is 0 Å². The first kappa shape index (κ1) is 9.96. The fourth-order valence-corrected chi connectivity index (χ4v) is 2.26. The third-order valence-electron chi connectivity index (χ3n) is 3.05. The maximum Gasteiger partial charge on any atom is 0.392 e. The highest BCUT2D eigenvalue weighted by atomic mass is 19.4. The van der Waals surface area contributed by atoms with Crippen molar-refractivity contribution in [2.24, 2.45) is 11.8 Å². The third kappa shape index (κ3) is 1.65. The molecule has 0 bridgehead atoms. The fraction of sp³-hybridized carbons (Fsp3) is 0.889. The van der Waals surface area contributed by atoms with Gasteiger partial charge in [0.2, 0.25) is 0 Å². The van der Waals surface area contributed by atoms with Crippen molar-refractivity contribution in [3.05, 3.63) is 0 Å². The second-order valence-corrected chi connectivity index (χ2v) is 3.95. The first-order valence-electron chi connectivity index (χ1n) is 4.69. The summed E-state index contributed by atoms with van der Waals surface area (Å²) in [5.74, 6) is -2.04. The smallest absolute Gasteiger partial charge is 0.377 e. The molecular weight excluding hydrogens is 197 g/mol. The standard InChI is InChI=1S/C9H11F3O2/c10-9(11,12)5-3-7(13)6-1-2-14-8(6)4-5/h5-6,8H,1-4H2/t5-,6+,8+/m0/s1. The van der Waals surface area contributed by atoms with E-state index in [0.29, 0.717) is 13.0 Å². The molecule has 1 saturated heterocycles. The summed E-state index contributed by atoms with van der Waals surface area (Å²) in [4.78, 5) is 11.4. The van der Waals surface area contributed by atoms with E-state index in [4.69, 9.17) is 4.74 Å². The van der Waals surface area contributed by atoms with Crippen molar-refractivity contribution in [3.63, 3.8) is 0 Å². The molecule has 2 fully saturated rings. The number of carbonyl (C=O) groups is 1. The Balaban J connectivity index is 2.10. The van der Waals surface area contributed by atoms with Gasteiger partial charge in [-0.15, -0.1) is 0 Å². The number of ketones is 1. The quantitative estimate of drug-likeness (QED) is 0.608. The van der Waals surface area contributed by atoms with Gasteiger partial charge in [-0.25, -0.2) is 0 Å². The Morgan fingerprint density at radius 1 is 1.36 bits per heavy atom. The number of hydrogen-bond acceptors (Lipinski definition) is 2. The summed E-state index contributed by atoms with van der Waals surface area (Å²) in [6.07, 6.45) is -4.54. The molecule has 2 rings (SSSR count). The summed E-state index contributed by atoms with van der Waals surface area (Å²) in [7, 11) is 0. The van der Waals surface area contributed by atoms with Crippen LogP contribution in [0.3, 0.4) is 0 Å². The highest BCUT2D eigenvalue weighted by Gasteiger charge is 2.49. The van der Waals surface area contributed by atoms with E-state index in [1.807, 2.05) is 0 Å². The van der Waals surface area contributed by atoms with E-state index >= 15 is 0 Å². The molecule has 1 aliphatic carbocycles. The Morgan fingerprint density at radius 2 is 2.07 bits per heavy atom. The summed E-state index contributed by atoms with van der Waals surface area (Å²) in [6.45, 7) is 0.422. The Hall–Kier alpha value is -0.580. The minimum atomic E-state index is -4.26. The molecule has 1 heterocycles. The minimum absolute atomic E-state index is 0.0418. The van der Waals surface area contributed by atoms with Crippen LogP contribution in [0.4, 0.5) is 13.2 Å². The topological polar surface area (TPSA) is 26.3 Å². The van der Waals surface area contributed by atoms with Gasteiger partial charge in [0.25, 0.3) is 0 Å². The lowest BCUT2D eigenvalue weighted by atomic mass is 9.78. The zero-order valence-electron chi connectivity index (χ0n) is 7.51. The zero-order chi connectivity index (χ0) is 10.3. The molecule has 0 radical (unpaired) electrons. The van der Waals surface area contributed by atoms with Gasteiger partial charge in [0, 0.05) is 18.9 Å². The molecule has 3 atom stereocenters. The number of Topliss-reactive ketones (excluding diaryl/α,β-unsaturated/α-hetero) is 1. The number of ether oxygens (including phenoxy) is 1. The van der Waals surface area contributed by atoms with Crippen LogP contribution in [0.1, 0.15) is 19.3 Å². The Bertz CT molecular complexity index is 249. The molecule has 2 aliphatic rings. The lowest BCUT2D eigenvalue weighted by Gasteiger charge is -2.30. The van der Waals surface area contributed by atoms with Crippen LogP contribution < -0.4 is 0 Å². The van der Waals surface area contributed by atoms with Gasteiger partial charge >= 0.3 is 6.18 Å². The van der Waals surface area contributed by atoms with Crippen molar-refractivity contribution in [2.45, 2.75) is 31.5 Å². The van der Waals surface area contributed by atoms with E-state index in [0.717, 1.165) is 0 Å². The van der Waals surface area contributed by atoms with Gasteiger partial charge < -0.3 is 4.74 Å². The number of alkyl halides is 3. The molecule has 1 aliphatic heterocycles. The van der Waals surface area contributed by atoms with E-state index in [9.17, 15) is 18.0 Å². The summed E-state index contributed by atoms with van der Waals surface area (Å²) in [5.41, 5.74) is 0.